The fourth-order valence-corrected chi connectivity index (χ4v) is 1.83. The third kappa shape index (κ3) is 4.02. The van der Waals surface area contributed by atoms with Crippen molar-refractivity contribution in [2.75, 3.05) is 11.1 Å². The fourth-order valence-electron chi connectivity index (χ4n) is 1.54. The molecule has 0 heterocycles. The molecule has 0 unspecified atom stereocenters. The first-order valence-electron chi connectivity index (χ1n) is 5.84. The summed E-state index contributed by atoms with van der Waals surface area (Å²) < 4.78 is 0. The van der Waals surface area contributed by atoms with E-state index in [0.717, 1.165) is 5.56 Å². The number of nitrogens with one attached hydrogen (secondary N) is 1. The average molecular weight is 307 g/mol. The summed E-state index contributed by atoms with van der Waals surface area (Å²) in [7, 11) is 0. The van der Waals surface area contributed by atoms with Gasteiger partial charge in [-0.05, 0) is 42.0 Å². The number of hydrogen-bond acceptors (Lipinski definition) is 2. The standard InChI is InChI=1S/C15H12Cl2N2O/c16-13-7-6-12(9-14(13)17)19-15(20)8-3-10-1-4-11(18)5-2-10/h1-9H,18H2,(H,19,20)/b8-3+. The predicted molar refractivity (Wildman–Crippen MR) is 85.0 cm³/mol. The van der Waals surface area contributed by atoms with Gasteiger partial charge in [0.05, 0.1) is 10.0 Å². The molecule has 0 aromatic heterocycles. The summed E-state index contributed by atoms with van der Waals surface area (Å²) in [5.41, 5.74) is 7.75. The van der Waals surface area contributed by atoms with E-state index in [2.05, 4.69) is 5.32 Å². The molecule has 0 radical (unpaired) electrons. The summed E-state index contributed by atoms with van der Waals surface area (Å²) in [6.45, 7) is 0. The van der Waals surface area contributed by atoms with Gasteiger partial charge in [0.1, 0.15) is 0 Å². The lowest BCUT2D eigenvalue weighted by molar-refractivity contribution is -0.111. The summed E-state index contributed by atoms with van der Waals surface area (Å²) in [6, 6.07) is 12.1. The summed E-state index contributed by atoms with van der Waals surface area (Å²) in [5.74, 6) is -0.250. The van der Waals surface area contributed by atoms with Crippen molar-refractivity contribution < 1.29 is 4.79 Å². The minimum Gasteiger partial charge on any atom is -0.399 e. The maximum Gasteiger partial charge on any atom is 0.248 e. The number of carbonyl (C=O) groups excluding carboxylic acids is 1. The quantitative estimate of drug-likeness (QED) is 0.658. The Morgan fingerprint density at radius 3 is 2.40 bits per heavy atom. The molecule has 3 nitrogen and oxygen atoms in total. The minimum absolute atomic E-state index is 0.250. The number of benzene rings is 2. The molecule has 0 atom stereocenters. The second-order valence-electron chi connectivity index (χ2n) is 4.12. The number of nitrogens with two attached hydrogens (primary N) is 1. The number of rotatable bonds is 3. The van der Waals surface area contributed by atoms with Crippen LogP contribution in [-0.4, -0.2) is 5.91 Å². The number of nitrogen functional groups attached to an aromatic ring is 1. The summed E-state index contributed by atoms with van der Waals surface area (Å²) in [5, 5.41) is 3.54. The Kier molecular flexibility index (Phi) is 4.66. The molecule has 0 saturated heterocycles. The molecule has 20 heavy (non-hydrogen) atoms. The van der Waals surface area contributed by atoms with Crippen LogP contribution in [0.1, 0.15) is 5.56 Å². The molecule has 0 aliphatic heterocycles. The van der Waals surface area contributed by atoms with Crippen LogP contribution in [0.25, 0.3) is 6.08 Å². The van der Waals surface area contributed by atoms with Crippen LogP contribution in [0, 0.1) is 0 Å². The van der Waals surface area contributed by atoms with E-state index >= 15 is 0 Å². The molecular formula is C15H12Cl2N2O. The van der Waals surface area contributed by atoms with Gasteiger partial charge >= 0.3 is 0 Å². The Hall–Kier alpha value is -1.97. The van der Waals surface area contributed by atoms with Crippen molar-refractivity contribution >= 4 is 46.6 Å². The SMILES string of the molecule is Nc1ccc(/C=C/C(=O)Nc2ccc(Cl)c(Cl)c2)cc1. The van der Waals surface area contributed by atoms with Gasteiger partial charge in [-0.2, -0.15) is 0 Å². The first-order chi connectivity index (χ1) is 9.54. The molecule has 1 amide bonds. The normalized spacial score (nSPS) is 10.7. The molecule has 0 spiro atoms. The van der Waals surface area contributed by atoms with E-state index in [1.807, 2.05) is 12.1 Å². The van der Waals surface area contributed by atoms with Crippen LogP contribution in [0.5, 0.6) is 0 Å². The van der Waals surface area contributed by atoms with Gasteiger partial charge in [0, 0.05) is 17.5 Å². The fraction of sp³-hybridized carbons (Fsp3) is 0. The zero-order chi connectivity index (χ0) is 14.5. The lowest BCUT2D eigenvalue weighted by Crippen LogP contribution is -2.07. The maximum absolute atomic E-state index is 11.8. The Morgan fingerprint density at radius 1 is 1.05 bits per heavy atom. The lowest BCUT2D eigenvalue weighted by atomic mass is 10.2. The van der Waals surface area contributed by atoms with Crippen LogP contribution in [0.4, 0.5) is 11.4 Å². The second-order valence-corrected chi connectivity index (χ2v) is 4.93. The first-order valence-corrected chi connectivity index (χ1v) is 6.60. The van der Waals surface area contributed by atoms with E-state index in [1.54, 1.807) is 36.4 Å². The number of amides is 1. The first kappa shape index (κ1) is 14.4. The topological polar surface area (TPSA) is 55.1 Å². The van der Waals surface area contributed by atoms with Crippen molar-refractivity contribution in [3.05, 3.63) is 64.1 Å². The number of hydrogen-bond donors (Lipinski definition) is 2. The number of halogens is 2. The zero-order valence-electron chi connectivity index (χ0n) is 10.4. The van der Waals surface area contributed by atoms with E-state index in [-0.39, 0.29) is 5.91 Å². The lowest BCUT2D eigenvalue weighted by Gasteiger charge is -2.03. The van der Waals surface area contributed by atoms with E-state index < -0.39 is 0 Å². The highest BCUT2D eigenvalue weighted by atomic mass is 35.5. The van der Waals surface area contributed by atoms with E-state index in [0.29, 0.717) is 21.4 Å². The number of carbonyl (C=O) groups is 1. The molecule has 102 valence electrons. The Balaban J connectivity index is 2.01. The van der Waals surface area contributed by atoms with Crippen molar-refractivity contribution in [3.63, 3.8) is 0 Å². The zero-order valence-corrected chi connectivity index (χ0v) is 11.9. The average Bonchev–Trinajstić information content (AvgIpc) is 2.42. The van der Waals surface area contributed by atoms with Gasteiger partial charge < -0.3 is 11.1 Å². The van der Waals surface area contributed by atoms with Gasteiger partial charge in [0.25, 0.3) is 0 Å². The van der Waals surface area contributed by atoms with E-state index in [9.17, 15) is 4.79 Å². The smallest absolute Gasteiger partial charge is 0.248 e. The van der Waals surface area contributed by atoms with Crippen molar-refractivity contribution in [3.8, 4) is 0 Å². The van der Waals surface area contributed by atoms with E-state index in [4.69, 9.17) is 28.9 Å². The third-order valence-corrected chi connectivity index (χ3v) is 3.29. The van der Waals surface area contributed by atoms with Crippen LogP contribution in [0.15, 0.2) is 48.5 Å². The highest BCUT2D eigenvalue weighted by Gasteiger charge is 2.01. The number of anilines is 2. The van der Waals surface area contributed by atoms with Crippen LogP contribution in [-0.2, 0) is 4.79 Å². The van der Waals surface area contributed by atoms with Crippen molar-refractivity contribution in [2.24, 2.45) is 0 Å². The van der Waals surface area contributed by atoms with Crippen LogP contribution in [0.2, 0.25) is 10.0 Å². The van der Waals surface area contributed by atoms with Gasteiger partial charge in [-0.15, -0.1) is 0 Å². The van der Waals surface area contributed by atoms with Crippen molar-refractivity contribution in [1.82, 2.24) is 0 Å². The van der Waals surface area contributed by atoms with Crippen LogP contribution < -0.4 is 11.1 Å². The molecule has 2 rings (SSSR count). The van der Waals surface area contributed by atoms with Gasteiger partial charge in [-0.3, -0.25) is 4.79 Å². The minimum atomic E-state index is -0.250. The maximum atomic E-state index is 11.8. The van der Waals surface area contributed by atoms with Crippen molar-refractivity contribution in [1.29, 1.82) is 0 Å². The van der Waals surface area contributed by atoms with Crippen LogP contribution in [0.3, 0.4) is 0 Å². The molecule has 0 aliphatic rings. The van der Waals surface area contributed by atoms with Gasteiger partial charge in [-0.1, -0.05) is 35.3 Å². The molecule has 0 aliphatic carbocycles. The highest BCUT2D eigenvalue weighted by Crippen LogP contribution is 2.24. The monoisotopic (exact) mass is 306 g/mol. The molecule has 2 aromatic rings. The molecule has 0 fully saturated rings. The Morgan fingerprint density at radius 2 is 1.75 bits per heavy atom. The largest absolute Gasteiger partial charge is 0.399 e. The predicted octanol–water partition coefficient (Wildman–Crippen LogP) is 4.23. The van der Waals surface area contributed by atoms with Gasteiger partial charge in [-0.25, -0.2) is 0 Å². The van der Waals surface area contributed by atoms with Gasteiger partial charge in [0.2, 0.25) is 5.91 Å². The molecule has 0 saturated carbocycles. The molecule has 0 bridgehead atoms. The Bertz CT molecular complexity index is 651. The molecule has 3 N–H and O–H groups in total. The molecular weight excluding hydrogens is 295 g/mol. The van der Waals surface area contributed by atoms with E-state index in [1.165, 1.54) is 6.08 Å². The summed E-state index contributed by atoms with van der Waals surface area (Å²) in [6.07, 6.45) is 3.14. The third-order valence-electron chi connectivity index (χ3n) is 2.55. The molecule has 5 heteroatoms. The summed E-state index contributed by atoms with van der Waals surface area (Å²) in [4.78, 5) is 11.8. The highest BCUT2D eigenvalue weighted by molar-refractivity contribution is 6.42. The Labute approximate surface area is 127 Å². The van der Waals surface area contributed by atoms with Gasteiger partial charge in [0.15, 0.2) is 0 Å². The molecule has 2 aromatic carbocycles. The second kappa shape index (κ2) is 6.46. The van der Waals surface area contributed by atoms with Crippen molar-refractivity contribution in [2.45, 2.75) is 0 Å². The summed E-state index contributed by atoms with van der Waals surface area (Å²) >= 11 is 11.7. The van der Waals surface area contributed by atoms with Crippen LogP contribution >= 0.6 is 23.2 Å².